The van der Waals surface area contributed by atoms with E-state index >= 15 is 0 Å². The van der Waals surface area contributed by atoms with Gasteiger partial charge in [-0.2, -0.15) is 0 Å². The number of rotatable bonds is 11. The average Bonchev–Trinajstić information content (AvgIpc) is 3.10. The Balaban J connectivity index is 1.65. The second-order valence-corrected chi connectivity index (χ2v) is 11.0. The lowest BCUT2D eigenvalue weighted by Crippen LogP contribution is -2.27. The molecule has 0 radical (unpaired) electrons. The van der Waals surface area contributed by atoms with Crippen LogP contribution >= 0.6 is 11.3 Å². The van der Waals surface area contributed by atoms with Gasteiger partial charge in [-0.3, -0.25) is 4.79 Å². The highest BCUT2D eigenvalue weighted by Crippen LogP contribution is 2.42. The molecule has 3 N–H and O–H groups in total. The van der Waals surface area contributed by atoms with E-state index in [1.165, 1.54) is 28.0 Å². The fourth-order valence-corrected chi connectivity index (χ4v) is 6.07. The number of ether oxygens (including phenoxy) is 1. The molecule has 176 valence electrons. The largest absolute Gasteiger partial charge is 0.492 e. The van der Waals surface area contributed by atoms with Crippen LogP contribution in [0.4, 0.5) is 0 Å². The quantitative estimate of drug-likeness (QED) is 0.361. The van der Waals surface area contributed by atoms with Crippen molar-refractivity contribution < 1.29 is 9.53 Å². The molecule has 0 fully saturated rings. The smallest absolute Gasteiger partial charge is 0.173 e. The Hall–Kier alpha value is -1.69. The van der Waals surface area contributed by atoms with Crippen LogP contribution < -0.4 is 15.8 Å². The molecule has 0 saturated heterocycles. The number of ketones is 1. The molecular formula is C27H40N2O2S. The van der Waals surface area contributed by atoms with Gasteiger partial charge in [-0.1, -0.05) is 32.9 Å². The van der Waals surface area contributed by atoms with Crippen molar-refractivity contribution >= 4 is 17.1 Å². The lowest BCUT2D eigenvalue weighted by molar-refractivity contribution is 0.0985. The van der Waals surface area contributed by atoms with Gasteiger partial charge in [0.1, 0.15) is 12.4 Å². The van der Waals surface area contributed by atoms with Crippen LogP contribution in [0.2, 0.25) is 0 Å². The van der Waals surface area contributed by atoms with Crippen LogP contribution in [-0.4, -0.2) is 32.0 Å². The van der Waals surface area contributed by atoms with Crippen LogP contribution in [0.5, 0.6) is 5.75 Å². The van der Waals surface area contributed by atoms with Crippen LogP contribution in [-0.2, 0) is 25.7 Å². The summed E-state index contributed by atoms with van der Waals surface area (Å²) < 4.78 is 5.99. The molecule has 0 atom stereocenters. The van der Waals surface area contributed by atoms with Gasteiger partial charge in [0.05, 0.1) is 4.88 Å². The van der Waals surface area contributed by atoms with E-state index in [0.717, 1.165) is 60.5 Å². The Labute approximate surface area is 197 Å². The van der Waals surface area contributed by atoms with Crippen molar-refractivity contribution in [2.75, 3.05) is 26.2 Å². The SMILES string of the molecule is CCc1sc(C(=O)CCc2cc(C)c(OCCNCCN)c(C)c2)c2c1CC(C)(C)CC2. The molecule has 1 aliphatic carbocycles. The molecule has 1 aliphatic rings. The summed E-state index contributed by atoms with van der Waals surface area (Å²) in [6.45, 7) is 13.9. The fourth-order valence-electron chi connectivity index (χ4n) is 4.80. The molecule has 0 amide bonds. The molecule has 1 heterocycles. The third-order valence-corrected chi connectivity index (χ3v) is 7.95. The van der Waals surface area contributed by atoms with Crippen LogP contribution in [0.25, 0.3) is 0 Å². The number of benzene rings is 1. The van der Waals surface area contributed by atoms with Crippen molar-refractivity contribution in [1.82, 2.24) is 5.32 Å². The first-order chi connectivity index (χ1) is 15.3. The van der Waals surface area contributed by atoms with Gasteiger partial charge in [-0.05, 0) is 79.2 Å². The van der Waals surface area contributed by atoms with Gasteiger partial charge in [-0.25, -0.2) is 0 Å². The Bertz CT molecular complexity index is 922. The van der Waals surface area contributed by atoms with E-state index in [2.05, 4.69) is 52.1 Å². The number of hydrogen-bond donors (Lipinski definition) is 2. The first-order valence-corrected chi connectivity index (χ1v) is 12.9. The zero-order chi connectivity index (χ0) is 23.3. The minimum Gasteiger partial charge on any atom is -0.492 e. The average molecular weight is 457 g/mol. The molecule has 2 aromatic rings. The topological polar surface area (TPSA) is 64.3 Å². The van der Waals surface area contributed by atoms with Crippen molar-refractivity contribution in [3.8, 4) is 5.75 Å². The molecule has 0 bridgehead atoms. The van der Waals surface area contributed by atoms with Crippen molar-refractivity contribution in [2.24, 2.45) is 11.1 Å². The molecule has 0 saturated carbocycles. The molecule has 1 aromatic carbocycles. The van der Waals surface area contributed by atoms with Crippen LogP contribution in [0, 0.1) is 19.3 Å². The first-order valence-electron chi connectivity index (χ1n) is 12.1. The standard InChI is InChI=1S/C27H40N2O2S/c1-6-24-22-17-27(4,5)10-9-21(22)26(32-24)23(30)8-7-20-15-18(2)25(19(3)16-20)31-14-13-29-12-11-28/h15-16,29H,6-14,17,28H2,1-5H3. The van der Waals surface area contributed by atoms with E-state index in [9.17, 15) is 4.79 Å². The van der Waals surface area contributed by atoms with Gasteiger partial charge in [0.2, 0.25) is 0 Å². The monoisotopic (exact) mass is 456 g/mol. The van der Waals surface area contributed by atoms with Gasteiger partial charge in [0.15, 0.2) is 5.78 Å². The number of nitrogens with two attached hydrogens (primary N) is 1. The van der Waals surface area contributed by atoms with E-state index in [1.807, 2.05) is 0 Å². The summed E-state index contributed by atoms with van der Waals surface area (Å²) in [4.78, 5) is 15.7. The molecule has 4 nitrogen and oxygen atoms in total. The minimum atomic E-state index is 0.312. The maximum Gasteiger partial charge on any atom is 0.173 e. The molecule has 32 heavy (non-hydrogen) atoms. The van der Waals surface area contributed by atoms with E-state index in [1.54, 1.807) is 11.3 Å². The minimum absolute atomic E-state index is 0.312. The number of nitrogens with one attached hydrogen (secondary N) is 1. The Morgan fingerprint density at radius 2 is 1.91 bits per heavy atom. The number of thiophene rings is 1. The number of Topliss-reactive ketones (excluding diaryl/α,β-unsaturated/α-hetero) is 1. The first kappa shape index (κ1) is 24.9. The summed E-state index contributed by atoms with van der Waals surface area (Å²) in [7, 11) is 0. The number of carbonyl (C=O) groups is 1. The predicted octanol–water partition coefficient (Wildman–Crippen LogP) is 5.18. The Kier molecular flexibility index (Phi) is 8.54. The van der Waals surface area contributed by atoms with Crippen molar-refractivity contribution in [1.29, 1.82) is 0 Å². The summed E-state index contributed by atoms with van der Waals surface area (Å²) in [5.41, 5.74) is 12.2. The molecule has 0 unspecified atom stereocenters. The van der Waals surface area contributed by atoms with E-state index in [4.69, 9.17) is 10.5 Å². The summed E-state index contributed by atoms with van der Waals surface area (Å²) >= 11 is 1.76. The van der Waals surface area contributed by atoms with Crippen LogP contribution in [0.1, 0.15) is 76.0 Å². The third kappa shape index (κ3) is 6.00. The lowest BCUT2D eigenvalue weighted by atomic mass is 9.74. The third-order valence-electron chi connectivity index (χ3n) is 6.49. The van der Waals surface area contributed by atoms with Crippen LogP contribution in [0.15, 0.2) is 12.1 Å². The molecule has 5 heteroatoms. The van der Waals surface area contributed by atoms with Gasteiger partial charge in [0.25, 0.3) is 0 Å². The highest BCUT2D eigenvalue weighted by Gasteiger charge is 2.31. The van der Waals surface area contributed by atoms with Gasteiger partial charge in [0, 0.05) is 30.9 Å². The Morgan fingerprint density at radius 1 is 1.19 bits per heavy atom. The maximum absolute atomic E-state index is 13.2. The fraction of sp³-hybridized carbons (Fsp3) is 0.593. The number of carbonyl (C=O) groups excluding carboxylic acids is 1. The second-order valence-electron chi connectivity index (χ2n) is 9.88. The lowest BCUT2D eigenvalue weighted by Gasteiger charge is -2.30. The summed E-state index contributed by atoms with van der Waals surface area (Å²) in [6.07, 6.45) is 5.70. The summed E-state index contributed by atoms with van der Waals surface area (Å²) in [5, 5.41) is 3.25. The Morgan fingerprint density at radius 3 is 2.56 bits per heavy atom. The zero-order valence-corrected chi connectivity index (χ0v) is 21.3. The molecule has 0 aliphatic heterocycles. The summed E-state index contributed by atoms with van der Waals surface area (Å²) in [5.74, 6) is 1.27. The van der Waals surface area contributed by atoms with E-state index in [-0.39, 0.29) is 0 Å². The predicted molar refractivity (Wildman–Crippen MR) is 135 cm³/mol. The number of fused-ring (bicyclic) bond motifs is 1. The maximum atomic E-state index is 13.2. The van der Waals surface area contributed by atoms with Crippen LogP contribution in [0.3, 0.4) is 0 Å². The molecular weight excluding hydrogens is 416 g/mol. The summed E-state index contributed by atoms with van der Waals surface area (Å²) in [6, 6.07) is 4.35. The zero-order valence-electron chi connectivity index (χ0n) is 20.5. The highest BCUT2D eigenvalue weighted by molar-refractivity contribution is 7.14. The van der Waals surface area contributed by atoms with Crippen molar-refractivity contribution in [2.45, 2.75) is 73.1 Å². The molecule has 0 spiro atoms. The molecule has 1 aromatic heterocycles. The second kappa shape index (κ2) is 11.0. The van der Waals surface area contributed by atoms with Gasteiger partial charge < -0.3 is 15.8 Å². The highest BCUT2D eigenvalue weighted by atomic mass is 32.1. The normalized spacial score (nSPS) is 14.9. The van der Waals surface area contributed by atoms with Crippen molar-refractivity contribution in [3.63, 3.8) is 0 Å². The van der Waals surface area contributed by atoms with Gasteiger partial charge in [-0.15, -0.1) is 11.3 Å². The van der Waals surface area contributed by atoms with E-state index in [0.29, 0.717) is 30.8 Å². The van der Waals surface area contributed by atoms with E-state index < -0.39 is 0 Å². The number of aryl methyl sites for hydroxylation is 4. The molecule has 3 rings (SSSR count). The van der Waals surface area contributed by atoms with Gasteiger partial charge >= 0.3 is 0 Å². The van der Waals surface area contributed by atoms with Crippen molar-refractivity contribution in [3.05, 3.63) is 49.7 Å². The number of hydrogen-bond acceptors (Lipinski definition) is 5.